The van der Waals surface area contributed by atoms with Crippen molar-refractivity contribution in [3.63, 3.8) is 0 Å². The number of ether oxygens (including phenoxy) is 1. The predicted octanol–water partition coefficient (Wildman–Crippen LogP) is 1.56. The van der Waals surface area contributed by atoms with Crippen LogP contribution in [0.3, 0.4) is 0 Å². The van der Waals surface area contributed by atoms with Gasteiger partial charge in [-0.25, -0.2) is 0 Å². The lowest BCUT2D eigenvalue weighted by Crippen LogP contribution is -2.43. The summed E-state index contributed by atoms with van der Waals surface area (Å²) in [7, 11) is 0. The highest BCUT2D eigenvalue weighted by Crippen LogP contribution is 2.31. The van der Waals surface area contributed by atoms with Crippen molar-refractivity contribution in [1.29, 1.82) is 0 Å². The number of carbonyl (C=O) groups excluding carboxylic acids is 1. The molecular weight excluding hydrogens is 228 g/mol. The van der Waals surface area contributed by atoms with E-state index >= 15 is 0 Å². The van der Waals surface area contributed by atoms with Gasteiger partial charge in [0.05, 0.1) is 12.0 Å². The van der Waals surface area contributed by atoms with Crippen molar-refractivity contribution in [2.24, 2.45) is 11.3 Å². The Hall–Kier alpha value is -0.610. The molecule has 1 rings (SSSR count). The Kier molecular flexibility index (Phi) is 6.65. The minimum atomic E-state index is -0.174. The van der Waals surface area contributed by atoms with Crippen LogP contribution in [0.2, 0.25) is 0 Å². The van der Waals surface area contributed by atoms with Crippen molar-refractivity contribution in [2.75, 3.05) is 32.8 Å². The number of hydrogen-bond acceptors (Lipinski definition) is 3. The van der Waals surface area contributed by atoms with Gasteiger partial charge in [0, 0.05) is 19.7 Å². The molecule has 0 aromatic heterocycles. The molecule has 0 spiro atoms. The molecule has 1 amide bonds. The number of nitrogens with one attached hydrogen (secondary N) is 2. The van der Waals surface area contributed by atoms with Crippen molar-refractivity contribution in [3.05, 3.63) is 0 Å². The Balaban J connectivity index is 2.25. The van der Waals surface area contributed by atoms with Crippen LogP contribution in [-0.2, 0) is 9.53 Å². The van der Waals surface area contributed by atoms with Crippen LogP contribution in [0, 0.1) is 11.3 Å². The molecular formula is C14H28N2O2. The molecule has 0 bridgehead atoms. The number of hydrogen-bond donors (Lipinski definition) is 2. The summed E-state index contributed by atoms with van der Waals surface area (Å²) in [5.74, 6) is 0.744. The molecule has 1 heterocycles. The van der Waals surface area contributed by atoms with Gasteiger partial charge in [0.2, 0.25) is 5.91 Å². The Bertz CT molecular complexity index is 248. The van der Waals surface area contributed by atoms with Crippen molar-refractivity contribution in [2.45, 2.75) is 40.0 Å². The van der Waals surface area contributed by atoms with Gasteiger partial charge < -0.3 is 15.4 Å². The zero-order chi connectivity index (χ0) is 13.4. The van der Waals surface area contributed by atoms with Gasteiger partial charge in [0.1, 0.15) is 0 Å². The minimum absolute atomic E-state index is 0.174. The van der Waals surface area contributed by atoms with E-state index in [9.17, 15) is 4.79 Å². The smallest absolute Gasteiger partial charge is 0.227 e. The summed E-state index contributed by atoms with van der Waals surface area (Å²) in [6.07, 6.45) is 2.98. The summed E-state index contributed by atoms with van der Waals surface area (Å²) in [6.45, 7) is 10.2. The first-order valence-corrected chi connectivity index (χ1v) is 7.17. The van der Waals surface area contributed by atoms with E-state index in [0.717, 1.165) is 39.0 Å². The second kappa shape index (κ2) is 7.74. The molecule has 0 saturated carbocycles. The van der Waals surface area contributed by atoms with Crippen LogP contribution in [-0.4, -0.2) is 38.8 Å². The van der Waals surface area contributed by atoms with Crippen LogP contribution in [0.1, 0.15) is 40.0 Å². The highest BCUT2D eigenvalue weighted by atomic mass is 16.5. The Labute approximate surface area is 111 Å². The molecule has 1 aliphatic rings. The minimum Gasteiger partial charge on any atom is -0.379 e. The molecule has 106 valence electrons. The lowest BCUT2D eigenvalue weighted by molar-refractivity contribution is -0.130. The highest BCUT2D eigenvalue weighted by molar-refractivity contribution is 5.83. The molecule has 1 aliphatic heterocycles. The van der Waals surface area contributed by atoms with E-state index in [1.807, 2.05) is 0 Å². The Morgan fingerprint density at radius 2 is 2.28 bits per heavy atom. The van der Waals surface area contributed by atoms with Gasteiger partial charge in [0.15, 0.2) is 0 Å². The van der Waals surface area contributed by atoms with Gasteiger partial charge in [-0.15, -0.1) is 0 Å². The largest absolute Gasteiger partial charge is 0.379 e. The van der Waals surface area contributed by atoms with E-state index in [0.29, 0.717) is 19.1 Å². The van der Waals surface area contributed by atoms with Gasteiger partial charge >= 0.3 is 0 Å². The topological polar surface area (TPSA) is 50.4 Å². The van der Waals surface area contributed by atoms with Crippen LogP contribution in [0.25, 0.3) is 0 Å². The van der Waals surface area contributed by atoms with Crippen LogP contribution >= 0.6 is 0 Å². The van der Waals surface area contributed by atoms with Crippen LogP contribution in [0.4, 0.5) is 0 Å². The second-order valence-corrected chi connectivity index (χ2v) is 5.68. The maximum absolute atomic E-state index is 12.2. The third-order valence-corrected chi connectivity index (χ3v) is 3.44. The Morgan fingerprint density at radius 3 is 2.83 bits per heavy atom. The van der Waals surface area contributed by atoms with E-state index in [-0.39, 0.29) is 11.3 Å². The molecule has 1 fully saturated rings. The molecule has 1 saturated heterocycles. The molecule has 1 atom stereocenters. The monoisotopic (exact) mass is 256 g/mol. The standard InChI is InChI=1S/C14H28N2O2/c1-4-5-14(6-7-15-11-14)13(17)16-8-9-18-10-12(2)3/h12,15H,4-11H2,1-3H3,(H,16,17). The average Bonchev–Trinajstić information content (AvgIpc) is 2.78. The summed E-state index contributed by atoms with van der Waals surface area (Å²) in [4.78, 5) is 12.2. The van der Waals surface area contributed by atoms with Gasteiger partial charge in [-0.2, -0.15) is 0 Å². The van der Waals surface area contributed by atoms with Crippen LogP contribution in [0.15, 0.2) is 0 Å². The van der Waals surface area contributed by atoms with Crippen molar-refractivity contribution >= 4 is 5.91 Å². The number of amides is 1. The molecule has 0 aromatic carbocycles. The van der Waals surface area contributed by atoms with Gasteiger partial charge in [-0.05, 0) is 25.3 Å². The van der Waals surface area contributed by atoms with E-state index in [1.54, 1.807) is 0 Å². The molecule has 1 unspecified atom stereocenters. The van der Waals surface area contributed by atoms with Crippen LogP contribution < -0.4 is 10.6 Å². The van der Waals surface area contributed by atoms with Crippen molar-refractivity contribution in [1.82, 2.24) is 10.6 Å². The summed E-state index contributed by atoms with van der Waals surface area (Å²) in [5.41, 5.74) is -0.174. The van der Waals surface area contributed by atoms with Gasteiger partial charge in [-0.1, -0.05) is 27.2 Å². The summed E-state index contributed by atoms with van der Waals surface area (Å²) >= 11 is 0. The SMILES string of the molecule is CCCC1(C(=O)NCCOCC(C)C)CCNC1. The van der Waals surface area contributed by atoms with Gasteiger partial charge in [0.25, 0.3) is 0 Å². The molecule has 4 nitrogen and oxygen atoms in total. The maximum atomic E-state index is 12.2. The van der Waals surface area contributed by atoms with E-state index in [2.05, 4.69) is 31.4 Å². The first kappa shape index (κ1) is 15.4. The predicted molar refractivity (Wildman–Crippen MR) is 73.5 cm³/mol. The molecule has 18 heavy (non-hydrogen) atoms. The summed E-state index contributed by atoms with van der Waals surface area (Å²) in [5, 5.41) is 6.32. The zero-order valence-electron chi connectivity index (χ0n) is 12.1. The first-order valence-electron chi connectivity index (χ1n) is 7.17. The third kappa shape index (κ3) is 4.58. The molecule has 2 N–H and O–H groups in total. The number of rotatable bonds is 8. The fourth-order valence-corrected chi connectivity index (χ4v) is 2.49. The highest BCUT2D eigenvalue weighted by Gasteiger charge is 2.39. The lowest BCUT2D eigenvalue weighted by Gasteiger charge is -2.26. The van der Waals surface area contributed by atoms with E-state index in [1.165, 1.54) is 0 Å². The molecule has 4 heteroatoms. The fraction of sp³-hybridized carbons (Fsp3) is 0.929. The quantitative estimate of drug-likeness (QED) is 0.648. The lowest BCUT2D eigenvalue weighted by atomic mass is 9.81. The normalized spacial score (nSPS) is 23.6. The van der Waals surface area contributed by atoms with Crippen molar-refractivity contribution in [3.8, 4) is 0 Å². The summed E-state index contributed by atoms with van der Waals surface area (Å²) < 4.78 is 5.47. The average molecular weight is 256 g/mol. The second-order valence-electron chi connectivity index (χ2n) is 5.68. The molecule has 0 aromatic rings. The Morgan fingerprint density at radius 1 is 1.50 bits per heavy atom. The first-order chi connectivity index (χ1) is 8.60. The van der Waals surface area contributed by atoms with Crippen molar-refractivity contribution < 1.29 is 9.53 Å². The number of carbonyl (C=O) groups is 1. The summed E-state index contributed by atoms with van der Waals surface area (Å²) in [6, 6.07) is 0. The third-order valence-electron chi connectivity index (χ3n) is 3.44. The van der Waals surface area contributed by atoms with Crippen LogP contribution in [0.5, 0.6) is 0 Å². The van der Waals surface area contributed by atoms with E-state index in [4.69, 9.17) is 4.74 Å². The molecule has 0 aliphatic carbocycles. The molecule has 0 radical (unpaired) electrons. The maximum Gasteiger partial charge on any atom is 0.227 e. The zero-order valence-corrected chi connectivity index (χ0v) is 12.1. The van der Waals surface area contributed by atoms with Gasteiger partial charge in [-0.3, -0.25) is 4.79 Å². The fourth-order valence-electron chi connectivity index (χ4n) is 2.49. The van der Waals surface area contributed by atoms with E-state index < -0.39 is 0 Å².